The molecule has 0 bridgehead atoms. The number of nitrogens with zero attached hydrogens (tertiary/aromatic N) is 1. The van der Waals surface area contributed by atoms with Gasteiger partial charge in [0.25, 0.3) is 5.91 Å². The van der Waals surface area contributed by atoms with Crippen LogP contribution in [-0.4, -0.2) is 10.9 Å². The highest BCUT2D eigenvalue weighted by Crippen LogP contribution is 2.36. The first kappa shape index (κ1) is 20.2. The summed E-state index contributed by atoms with van der Waals surface area (Å²) in [5, 5.41) is 3.15. The first-order chi connectivity index (χ1) is 11.8. The number of hydrogen-bond acceptors (Lipinski definition) is 3. The molecule has 1 aromatic heterocycles. The van der Waals surface area contributed by atoms with E-state index in [1.807, 2.05) is 0 Å². The molecule has 1 amide bonds. The summed E-state index contributed by atoms with van der Waals surface area (Å²) in [6, 6.07) is 0.179. The molecule has 3 nitrogen and oxygen atoms in total. The number of carbonyl (C=O) groups excluding carboxylic acids is 1. The van der Waals surface area contributed by atoms with Crippen molar-refractivity contribution in [3.8, 4) is 0 Å². The van der Waals surface area contributed by atoms with Crippen LogP contribution in [0.15, 0.2) is 18.2 Å². The first-order valence-corrected chi connectivity index (χ1v) is 8.15. The van der Waals surface area contributed by atoms with Gasteiger partial charge in [0.1, 0.15) is 0 Å². The van der Waals surface area contributed by atoms with Gasteiger partial charge in [0.05, 0.1) is 27.9 Å². The standard InChI is InChI=1S/C16H14F6N2OS/c1-7-13(26-9(3)23-7)8(2)24-14(25)10-4-11(15(17,18)19)6-12(5-10)16(20,21)22/h4-6,8H,1-3H3,(H,24,25). The third kappa shape index (κ3) is 4.54. The second kappa shape index (κ2) is 6.90. The molecule has 10 heteroatoms. The van der Waals surface area contributed by atoms with Gasteiger partial charge in [-0.15, -0.1) is 11.3 Å². The number of halogens is 6. The molecule has 1 atom stereocenters. The summed E-state index contributed by atoms with van der Waals surface area (Å²) >= 11 is 1.29. The van der Waals surface area contributed by atoms with E-state index in [-0.39, 0.29) is 6.07 Å². The second-order valence-electron chi connectivity index (χ2n) is 5.67. The van der Waals surface area contributed by atoms with Crippen molar-refractivity contribution in [2.75, 3.05) is 0 Å². The Bertz CT molecular complexity index is 793. The topological polar surface area (TPSA) is 42.0 Å². The van der Waals surface area contributed by atoms with Crippen molar-refractivity contribution in [3.63, 3.8) is 0 Å². The number of nitrogens with one attached hydrogen (secondary N) is 1. The SMILES string of the molecule is Cc1nc(C)c(C(C)NC(=O)c2cc(C(F)(F)F)cc(C(F)(F)F)c2)s1. The van der Waals surface area contributed by atoms with E-state index in [0.29, 0.717) is 22.7 Å². The minimum Gasteiger partial charge on any atom is -0.345 e. The van der Waals surface area contributed by atoms with Crippen LogP contribution in [0.4, 0.5) is 26.3 Å². The molecule has 26 heavy (non-hydrogen) atoms. The Morgan fingerprint density at radius 3 is 1.92 bits per heavy atom. The average molecular weight is 396 g/mol. The summed E-state index contributed by atoms with van der Waals surface area (Å²) in [5.74, 6) is -1.03. The van der Waals surface area contributed by atoms with Crippen LogP contribution < -0.4 is 5.32 Å². The van der Waals surface area contributed by atoms with Crippen LogP contribution in [0.1, 0.15) is 50.0 Å². The fourth-order valence-corrected chi connectivity index (χ4v) is 3.31. The molecule has 0 aliphatic heterocycles. The number of aromatic nitrogens is 1. The van der Waals surface area contributed by atoms with Crippen molar-refractivity contribution in [2.24, 2.45) is 0 Å². The van der Waals surface area contributed by atoms with Crippen LogP contribution in [0.2, 0.25) is 0 Å². The van der Waals surface area contributed by atoms with Gasteiger partial charge in [0, 0.05) is 10.4 Å². The summed E-state index contributed by atoms with van der Waals surface area (Å²) in [6.45, 7) is 5.03. The van der Waals surface area contributed by atoms with Gasteiger partial charge in [-0.25, -0.2) is 4.98 Å². The predicted octanol–water partition coefficient (Wildman–Crippen LogP) is 5.29. The number of amides is 1. The Hall–Kier alpha value is -2.10. The molecule has 1 aromatic carbocycles. The molecule has 1 unspecified atom stereocenters. The molecule has 142 valence electrons. The minimum absolute atomic E-state index is 0.0170. The first-order valence-electron chi connectivity index (χ1n) is 7.33. The highest BCUT2D eigenvalue weighted by atomic mass is 32.1. The Morgan fingerprint density at radius 2 is 1.54 bits per heavy atom. The zero-order chi connectivity index (χ0) is 19.9. The lowest BCUT2D eigenvalue weighted by Gasteiger charge is -2.16. The van der Waals surface area contributed by atoms with Gasteiger partial charge in [0.2, 0.25) is 0 Å². The summed E-state index contributed by atoms with van der Waals surface area (Å²) in [4.78, 5) is 17.1. The summed E-state index contributed by atoms with van der Waals surface area (Å²) in [6.07, 6.45) is -10.0. The van der Waals surface area contributed by atoms with Crippen molar-refractivity contribution in [3.05, 3.63) is 50.5 Å². The number of rotatable bonds is 3. The van der Waals surface area contributed by atoms with Crippen molar-refractivity contribution in [1.29, 1.82) is 0 Å². The molecule has 1 heterocycles. The van der Waals surface area contributed by atoms with Crippen LogP contribution in [0, 0.1) is 13.8 Å². The number of aryl methyl sites for hydroxylation is 2. The number of carbonyl (C=O) groups is 1. The maximum absolute atomic E-state index is 12.9. The molecular weight excluding hydrogens is 382 g/mol. The number of alkyl halides is 6. The van der Waals surface area contributed by atoms with E-state index in [4.69, 9.17) is 0 Å². The Kier molecular flexibility index (Phi) is 5.36. The third-order valence-electron chi connectivity index (χ3n) is 3.53. The van der Waals surface area contributed by atoms with Gasteiger partial charge < -0.3 is 5.32 Å². The van der Waals surface area contributed by atoms with Gasteiger partial charge in [-0.2, -0.15) is 26.3 Å². The van der Waals surface area contributed by atoms with Crippen LogP contribution in [0.3, 0.4) is 0 Å². The molecule has 0 saturated carbocycles. The minimum atomic E-state index is -5.01. The molecule has 0 aliphatic carbocycles. The molecule has 0 fully saturated rings. The quantitative estimate of drug-likeness (QED) is 0.717. The number of hydrogen-bond donors (Lipinski definition) is 1. The molecule has 0 saturated heterocycles. The van der Waals surface area contributed by atoms with E-state index in [0.717, 1.165) is 5.01 Å². The molecule has 0 spiro atoms. The van der Waals surface area contributed by atoms with E-state index in [2.05, 4.69) is 10.3 Å². The highest BCUT2D eigenvalue weighted by molar-refractivity contribution is 7.11. The molecule has 2 aromatic rings. The van der Waals surface area contributed by atoms with Crippen LogP contribution >= 0.6 is 11.3 Å². The summed E-state index contributed by atoms with van der Waals surface area (Å²) in [5.41, 5.74) is -3.14. The van der Waals surface area contributed by atoms with Crippen molar-refractivity contribution < 1.29 is 31.1 Å². The Labute approximate surface area is 149 Å². The summed E-state index contributed by atoms with van der Waals surface area (Å²) < 4.78 is 77.3. The molecule has 1 N–H and O–H groups in total. The molecule has 0 radical (unpaired) electrons. The number of benzene rings is 1. The van der Waals surface area contributed by atoms with E-state index in [1.54, 1.807) is 20.8 Å². The third-order valence-corrected chi connectivity index (χ3v) is 4.79. The van der Waals surface area contributed by atoms with Crippen LogP contribution in [0.25, 0.3) is 0 Å². The lowest BCUT2D eigenvalue weighted by atomic mass is 10.0. The van der Waals surface area contributed by atoms with E-state index >= 15 is 0 Å². The van der Waals surface area contributed by atoms with Gasteiger partial charge in [-0.3, -0.25) is 4.79 Å². The van der Waals surface area contributed by atoms with Crippen molar-refractivity contribution >= 4 is 17.2 Å². The Morgan fingerprint density at radius 1 is 1.04 bits per heavy atom. The van der Waals surface area contributed by atoms with E-state index < -0.39 is 41.0 Å². The lowest BCUT2D eigenvalue weighted by Crippen LogP contribution is -2.27. The monoisotopic (exact) mass is 396 g/mol. The second-order valence-corrected chi connectivity index (χ2v) is 6.91. The van der Waals surface area contributed by atoms with Gasteiger partial charge >= 0.3 is 12.4 Å². The van der Waals surface area contributed by atoms with Gasteiger partial charge in [0.15, 0.2) is 0 Å². The van der Waals surface area contributed by atoms with Gasteiger partial charge in [-0.1, -0.05) is 0 Å². The largest absolute Gasteiger partial charge is 0.416 e. The van der Waals surface area contributed by atoms with Gasteiger partial charge in [-0.05, 0) is 39.0 Å². The molecule has 2 rings (SSSR count). The van der Waals surface area contributed by atoms with Crippen molar-refractivity contribution in [1.82, 2.24) is 10.3 Å². The fourth-order valence-electron chi connectivity index (χ4n) is 2.38. The zero-order valence-corrected chi connectivity index (χ0v) is 14.7. The molecular formula is C16H14F6N2OS. The summed E-state index contributed by atoms with van der Waals surface area (Å²) in [7, 11) is 0. The highest BCUT2D eigenvalue weighted by Gasteiger charge is 2.37. The van der Waals surface area contributed by atoms with Crippen LogP contribution in [0.5, 0.6) is 0 Å². The zero-order valence-electron chi connectivity index (χ0n) is 13.8. The smallest absolute Gasteiger partial charge is 0.345 e. The average Bonchev–Trinajstić information content (AvgIpc) is 2.83. The van der Waals surface area contributed by atoms with E-state index in [1.165, 1.54) is 11.3 Å². The Balaban J connectivity index is 2.37. The molecule has 0 aliphatic rings. The predicted molar refractivity (Wildman–Crippen MR) is 83.9 cm³/mol. The van der Waals surface area contributed by atoms with Crippen molar-refractivity contribution in [2.45, 2.75) is 39.2 Å². The number of thiazole rings is 1. The van der Waals surface area contributed by atoms with E-state index in [9.17, 15) is 31.1 Å². The fraction of sp³-hybridized carbons (Fsp3) is 0.375. The maximum Gasteiger partial charge on any atom is 0.416 e. The maximum atomic E-state index is 12.9. The van der Waals surface area contributed by atoms with Crippen LogP contribution in [-0.2, 0) is 12.4 Å². The lowest BCUT2D eigenvalue weighted by molar-refractivity contribution is -0.143. The normalized spacial score (nSPS) is 13.6.